The summed E-state index contributed by atoms with van der Waals surface area (Å²) in [7, 11) is 0. The van der Waals surface area contributed by atoms with Crippen molar-refractivity contribution in [1.82, 2.24) is 14.9 Å². The van der Waals surface area contributed by atoms with Gasteiger partial charge in [0.15, 0.2) is 6.61 Å². The highest BCUT2D eigenvalue weighted by atomic mass is 35.5. The summed E-state index contributed by atoms with van der Waals surface area (Å²) in [4.78, 5) is 40.5. The van der Waals surface area contributed by atoms with Gasteiger partial charge in [-0.25, -0.2) is 4.98 Å². The summed E-state index contributed by atoms with van der Waals surface area (Å²) in [6.07, 6.45) is 1.29. The number of hydrogen-bond acceptors (Lipinski definition) is 5. The van der Waals surface area contributed by atoms with Crippen molar-refractivity contribution in [3.8, 4) is 0 Å². The maximum atomic E-state index is 12.4. The summed E-state index contributed by atoms with van der Waals surface area (Å²) in [6.45, 7) is 1.05. The predicted octanol–water partition coefficient (Wildman–Crippen LogP) is 2.47. The molecule has 3 aromatic rings. The van der Waals surface area contributed by atoms with Gasteiger partial charge in [0, 0.05) is 5.02 Å². The van der Waals surface area contributed by atoms with E-state index in [0.29, 0.717) is 15.9 Å². The minimum atomic E-state index is -0.700. The molecule has 0 radical (unpaired) electrons. The third-order valence-electron chi connectivity index (χ3n) is 4.14. The average molecular weight is 400 g/mol. The molecule has 1 amide bonds. The summed E-state index contributed by atoms with van der Waals surface area (Å²) >= 11 is 5.84. The topological polar surface area (TPSA) is 90.3 Å². The molecule has 1 aromatic heterocycles. The first-order valence-electron chi connectivity index (χ1n) is 8.58. The van der Waals surface area contributed by atoms with Gasteiger partial charge in [0.25, 0.3) is 11.5 Å². The van der Waals surface area contributed by atoms with E-state index in [-0.39, 0.29) is 18.1 Å². The summed E-state index contributed by atoms with van der Waals surface area (Å²) in [5.41, 5.74) is 1.08. The zero-order valence-corrected chi connectivity index (χ0v) is 15.8. The number of amides is 1. The first-order valence-corrected chi connectivity index (χ1v) is 8.96. The zero-order chi connectivity index (χ0) is 20.1. The second-order valence-electron chi connectivity index (χ2n) is 6.20. The number of rotatable bonds is 6. The molecule has 1 atom stereocenters. The number of ether oxygens (including phenoxy) is 1. The van der Waals surface area contributed by atoms with Crippen molar-refractivity contribution in [2.24, 2.45) is 0 Å². The van der Waals surface area contributed by atoms with Gasteiger partial charge in [-0.05, 0) is 36.8 Å². The van der Waals surface area contributed by atoms with Gasteiger partial charge in [0.05, 0.1) is 23.3 Å². The Morgan fingerprint density at radius 2 is 1.89 bits per heavy atom. The number of fused-ring (bicyclic) bond motifs is 1. The summed E-state index contributed by atoms with van der Waals surface area (Å²) in [5.74, 6) is -1.15. The molecule has 0 bridgehead atoms. The molecule has 0 aliphatic heterocycles. The van der Waals surface area contributed by atoms with Crippen molar-refractivity contribution < 1.29 is 14.3 Å². The largest absolute Gasteiger partial charge is 0.454 e. The van der Waals surface area contributed by atoms with Crippen LogP contribution in [-0.4, -0.2) is 28.0 Å². The first kappa shape index (κ1) is 19.6. The highest BCUT2D eigenvalue weighted by Gasteiger charge is 2.13. The SMILES string of the molecule is C[C@H](NC(=O)COC(=O)Cn1cnc2ccccc2c1=O)c1ccc(Cl)cc1. The molecule has 144 valence electrons. The normalized spacial score (nSPS) is 11.8. The van der Waals surface area contributed by atoms with Gasteiger partial charge in [0.2, 0.25) is 0 Å². The van der Waals surface area contributed by atoms with Gasteiger partial charge in [-0.2, -0.15) is 0 Å². The Bertz CT molecular complexity index is 1060. The minimum Gasteiger partial charge on any atom is -0.454 e. The van der Waals surface area contributed by atoms with Crippen molar-refractivity contribution in [2.75, 3.05) is 6.61 Å². The number of aromatic nitrogens is 2. The van der Waals surface area contributed by atoms with Gasteiger partial charge >= 0.3 is 5.97 Å². The van der Waals surface area contributed by atoms with Crippen LogP contribution in [0.4, 0.5) is 0 Å². The molecular formula is C20H18ClN3O4. The fourth-order valence-corrected chi connectivity index (χ4v) is 2.79. The molecule has 0 unspecified atom stereocenters. The van der Waals surface area contributed by atoms with Crippen molar-refractivity contribution in [2.45, 2.75) is 19.5 Å². The monoisotopic (exact) mass is 399 g/mol. The lowest BCUT2D eigenvalue weighted by atomic mass is 10.1. The Morgan fingerprint density at radius 1 is 1.18 bits per heavy atom. The minimum absolute atomic E-state index is 0.268. The first-order chi connectivity index (χ1) is 13.4. The molecule has 8 heteroatoms. The molecule has 1 N–H and O–H groups in total. The van der Waals surface area contributed by atoms with E-state index in [1.165, 1.54) is 6.33 Å². The Balaban J connectivity index is 1.54. The van der Waals surface area contributed by atoms with E-state index in [9.17, 15) is 14.4 Å². The Labute approximate surface area is 165 Å². The number of para-hydroxylation sites is 1. The van der Waals surface area contributed by atoms with Crippen LogP contribution in [0.2, 0.25) is 5.02 Å². The number of nitrogens with one attached hydrogen (secondary N) is 1. The fraction of sp³-hybridized carbons (Fsp3) is 0.200. The van der Waals surface area contributed by atoms with Crippen molar-refractivity contribution in [1.29, 1.82) is 0 Å². The van der Waals surface area contributed by atoms with E-state index in [1.807, 2.05) is 6.92 Å². The van der Waals surface area contributed by atoms with Gasteiger partial charge in [-0.1, -0.05) is 35.9 Å². The van der Waals surface area contributed by atoms with E-state index in [2.05, 4.69) is 10.3 Å². The molecule has 0 aliphatic carbocycles. The second kappa shape index (κ2) is 8.67. The summed E-state index contributed by atoms with van der Waals surface area (Å²) in [5, 5.41) is 3.75. The third-order valence-corrected chi connectivity index (χ3v) is 4.39. The van der Waals surface area contributed by atoms with Crippen LogP contribution >= 0.6 is 11.6 Å². The number of nitrogens with zero attached hydrogens (tertiary/aromatic N) is 2. The van der Waals surface area contributed by atoms with Crippen LogP contribution in [0.15, 0.2) is 59.7 Å². The molecule has 1 heterocycles. The molecular weight excluding hydrogens is 382 g/mol. The van der Waals surface area contributed by atoms with Crippen LogP contribution in [-0.2, 0) is 20.9 Å². The number of hydrogen-bond donors (Lipinski definition) is 1. The van der Waals surface area contributed by atoms with Gasteiger partial charge in [-0.3, -0.25) is 19.0 Å². The van der Waals surface area contributed by atoms with Gasteiger partial charge in [-0.15, -0.1) is 0 Å². The second-order valence-corrected chi connectivity index (χ2v) is 6.63. The van der Waals surface area contributed by atoms with E-state index in [1.54, 1.807) is 48.5 Å². The Morgan fingerprint density at radius 3 is 2.64 bits per heavy atom. The lowest BCUT2D eigenvalue weighted by molar-refractivity contribution is -0.149. The standard InChI is InChI=1S/C20H18ClN3O4/c1-13(14-6-8-15(21)9-7-14)23-18(25)11-28-19(26)10-24-12-22-17-5-3-2-4-16(17)20(24)27/h2-9,12-13H,10-11H2,1H3,(H,23,25)/t13-/m0/s1. The molecule has 0 fully saturated rings. The molecule has 2 aromatic carbocycles. The molecule has 0 saturated carbocycles. The summed E-state index contributed by atoms with van der Waals surface area (Å²) in [6, 6.07) is 13.7. The number of esters is 1. The third kappa shape index (κ3) is 4.75. The van der Waals surface area contributed by atoms with E-state index < -0.39 is 18.5 Å². The van der Waals surface area contributed by atoms with E-state index >= 15 is 0 Å². The van der Waals surface area contributed by atoms with E-state index in [0.717, 1.165) is 10.1 Å². The lowest BCUT2D eigenvalue weighted by Gasteiger charge is -2.14. The smallest absolute Gasteiger partial charge is 0.326 e. The fourth-order valence-electron chi connectivity index (χ4n) is 2.67. The van der Waals surface area contributed by atoms with Crippen LogP contribution in [0.3, 0.4) is 0 Å². The van der Waals surface area contributed by atoms with Crippen LogP contribution in [0.25, 0.3) is 10.9 Å². The number of carbonyl (C=O) groups is 2. The molecule has 7 nitrogen and oxygen atoms in total. The van der Waals surface area contributed by atoms with Gasteiger partial charge < -0.3 is 10.1 Å². The highest BCUT2D eigenvalue weighted by molar-refractivity contribution is 6.30. The van der Waals surface area contributed by atoms with Crippen LogP contribution < -0.4 is 10.9 Å². The average Bonchev–Trinajstić information content (AvgIpc) is 2.69. The van der Waals surface area contributed by atoms with Crippen LogP contribution in [0.5, 0.6) is 0 Å². The van der Waals surface area contributed by atoms with Crippen LogP contribution in [0, 0.1) is 0 Å². The summed E-state index contributed by atoms with van der Waals surface area (Å²) < 4.78 is 6.12. The molecule has 0 saturated heterocycles. The number of benzene rings is 2. The quantitative estimate of drug-likeness (QED) is 0.643. The molecule has 28 heavy (non-hydrogen) atoms. The Hall–Kier alpha value is -3.19. The maximum absolute atomic E-state index is 12.4. The molecule has 3 rings (SSSR count). The van der Waals surface area contributed by atoms with Gasteiger partial charge in [0.1, 0.15) is 6.54 Å². The molecule has 0 aliphatic rings. The van der Waals surface area contributed by atoms with Crippen molar-refractivity contribution >= 4 is 34.4 Å². The van der Waals surface area contributed by atoms with Crippen LogP contribution in [0.1, 0.15) is 18.5 Å². The predicted molar refractivity (Wildman–Crippen MR) is 105 cm³/mol. The molecule has 0 spiro atoms. The number of halogens is 1. The van der Waals surface area contributed by atoms with E-state index in [4.69, 9.17) is 16.3 Å². The highest BCUT2D eigenvalue weighted by Crippen LogP contribution is 2.15. The lowest BCUT2D eigenvalue weighted by Crippen LogP contribution is -2.32. The van der Waals surface area contributed by atoms with Crippen molar-refractivity contribution in [3.05, 3.63) is 75.8 Å². The number of carbonyl (C=O) groups excluding carboxylic acids is 2. The Kier molecular flexibility index (Phi) is 6.06. The van der Waals surface area contributed by atoms with Crippen molar-refractivity contribution in [3.63, 3.8) is 0 Å². The maximum Gasteiger partial charge on any atom is 0.326 e. The zero-order valence-electron chi connectivity index (χ0n) is 15.1.